The third kappa shape index (κ3) is 2.08. The fourth-order valence-electron chi connectivity index (χ4n) is 2.49. The van der Waals surface area contributed by atoms with Gasteiger partial charge in [0, 0.05) is 0 Å². The van der Waals surface area contributed by atoms with Crippen LogP contribution in [0.1, 0.15) is 22.6 Å². The van der Waals surface area contributed by atoms with E-state index in [1.807, 2.05) is 43.3 Å². The molecule has 0 bridgehead atoms. The van der Waals surface area contributed by atoms with Gasteiger partial charge in [0.05, 0.1) is 17.3 Å². The van der Waals surface area contributed by atoms with Crippen molar-refractivity contribution < 1.29 is 4.79 Å². The van der Waals surface area contributed by atoms with Gasteiger partial charge in [-0.1, -0.05) is 30.3 Å². The summed E-state index contributed by atoms with van der Waals surface area (Å²) < 4.78 is 0. The second-order valence-electron chi connectivity index (χ2n) is 5.04. The number of hydrogen-bond donors (Lipinski definition) is 2. The molecule has 0 heterocycles. The standard InChI is InChI=1S/C16H16N2O/c1-10-6-7-14(17)15(8-10)18-16(19)13-9-11-4-2-3-5-12(11)13/h2-8,13H,9,17H2,1H3,(H,18,19). The average Bonchev–Trinajstić information content (AvgIpc) is 2.35. The molecule has 0 fully saturated rings. The molecular formula is C16H16N2O. The van der Waals surface area contributed by atoms with Crippen LogP contribution in [0.15, 0.2) is 42.5 Å². The summed E-state index contributed by atoms with van der Waals surface area (Å²) in [6.45, 7) is 1.98. The summed E-state index contributed by atoms with van der Waals surface area (Å²) in [4.78, 5) is 12.3. The van der Waals surface area contributed by atoms with Gasteiger partial charge in [0.25, 0.3) is 0 Å². The minimum Gasteiger partial charge on any atom is -0.397 e. The van der Waals surface area contributed by atoms with Gasteiger partial charge in [-0.3, -0.25) is 4.79 Å². The maximum absolute atomic E-state index is 12.3. The van der Waals surface area contributed by atoms with Crippen LogP contribution < -0.4 is 11.1 Å². The number of nitrogens with one attached hydrogen (secondary N) is 1. The highest BCUT2D eigenvalue weighted by Gasteiger charge is 2.31. The number of aryl methyl sites for hydroxylation is 1. The van der Waals surface area contributed by atoms with Crippen molar-refractivity contribution in [1.29, 1.82) is 0 Å². The van der Waals surface area contributed by atoms with Crippen LogP contribution in [-0.4, -0.2) is 5.91 Å². The third-order valence-corrected chi connectivity index (χ3v) is 3.64. The lowest BCUT2D eigenvalue weighted by molar-refractivity contribution is -0.118. The summed E-state index contributed by atoms with van der Waals surface area (Å²) in [5.41, 5.74) is 10.7. The van der Waals surface area contributed by atoms with Crippen LogP contribution in [0.4, 0.5) is 11.4 Å². The minimum atomic E-state index is -0.0453. The van der Waals surface area contributed by atoms with E-state index in [2.05, 4.69) is 11.4 Å². The quantitative estimate of drug-likeness (QED) is 0.807. The fourth-order valence-corrected chi connectivity index (χ4v) is 2.49. The zero-order valence-corrected chi connectivity index (χ0v) is 10.8. The molecule has 19 heavy (non-hydrogen) atoms. The van der Waals surface area contributed by atoms with E-state index in [-0.39, 0.29) is 11.8 Å². The van der Waals surface area contributed by atoms with Gasteiger partial charge in [0.1, 0.15) is 0 Å². The normalized spacial score (nSPS) is 16.4. The zero-order chi connectivity index (χ0) is 13.4. The Kier molecular flexibility index (Phi) is 2.75. The van der Waals surface area contributed by atoms with E-state index >= 15 is 0 Å². The number of nitrogens with two attached hydrogens (primary N) is 1. The largest absolute Gasteiger partial charge is 0.397 e. The predicted molar refractivity (Wildman–Crippen MR) is 77.1 cm³/mol. The molecule has 2 aromatic carbocycles. The second-order valence-corrected chi connectivity index (χ2v) is 5.04. The number of amides is 1. The van der Waals surface area contributed by atoms with Crippen molar-refractivity contribution >= 4 is 17.3 Å². The summed E-state index contributed by atoms with van der Waals surface area (Å²) in [7, 11) is 0. The van der Waals surface area contributed by atoms with E-state index < -0.39 is 0 Å². The first kappa shape index (κ1) is 11.8. The third-order valence-electron chi connectivity index (χ3n) is 3.64. The van der Waals surface area contributed by atoms with Crippen LogP contribution in [0, 0.1) is 6.92 Å². The van der Waals surface area contributed by atoms with E-state index in [0.29, 0.717) is 11.4 Å². The van der Waals surface area contributed by atoms with Crippen LogP contribution in [0.3, 0.4) is 0 Å². The lowest BCUT2D eigenvalue weighted by atomic mass is 9.77. The lowest BCUT2D eigenvalue weighted by Crippen LogP contribution is -2.30. The molecular weight excluding hydrogens is 236 g/mol. The Balaban J connectivity index is 1.79. The first-order valence-corrected chi connectivity index (χ1v) is 6.40. The highest BCUT2D eigenvalue weighted by Crippen LogP contribution is 2.36. The topological polar surface area (TPSA) is 55.1 Å². The summed E-state index contributed by atoms with van der Waals surface area (Å²) in [5.74, 6) is -0.0212. The highest BCUT2D eigenvalue weighted by atomic mass is 16.1. The van der Waals surface area contributed by atoms with Crippen molar-refractivity contribution in [3.05, 3.63) is 59.2 Å². The van der Waals surface area contributed by atoms with Crippen molar-refractivity contribution in [2.75, 3.05) is 11.1 Å². The molecule has 0 aromatic heterocycles. The van der Waals surface area contributed by atoms with Gasteiger partial charge in [-0.15, -0.1) is 0 Å². The number of carbonyl (C=O) groups excluding carboxylic acids is 1. The van der Waals surface area contributed by atoms with E-state index in [1.54, 1.807) is 0 Å². The predicted octanol–water partition coefficient (Wildman–Crippen LogP) is 2.86. The Labute approximate surface area is 112 Å². The first-order chi connectivity index (χ1) is 9.15. The van der Waals surface area contributed by atoms with Gasteiger partial charge in [-0.25, -0.2) is 0 Å². The fraction of sp³-hybridized carbons (Fsp3) is 0.188. The van der Waals surface area contributed by atoms with Gasteiger partial charge < -0.3 is 11.1 Å². The molecule has 3 N–H and O–H groups in total. The number of hydrogen-bond acceptors (Lipinski definition) is 2. The lowest BCUT2D eigenvalue weighted by Gasteiger charge is -2.29. The Hall–Kier alpha value is -2.29. The van der Waals surface area contributed by atoms with Crippen LogP contribution >= 0.6 is 0 Å². The van der Waals surface area contributed by atoms with Crippen molar-refractivity contribution in [3.63, 3.8) is 0 Å². The van der Waals surface area contributed by atoms with Crippen molar-refractivity contribution in [2.24, 2.45) is 0 Å². The van der Waals surface area contributed by atoms with Crippen molar-refractivity contribution in [3.8, 4) is 0 Å². The number of nitrogen functional groups attached to an aromatic ring is 1. The molecule has 96 valence electrons. The van der Waals surface area contributed by atoms with Gasteiger partial charge >= 0.3 is 0 Å². The second kappa shape index (κ2) is 4.43. The van der Waals surface area contributed by atoms with Crippen LogP contribution in [0.25, 0.3) is 0 Å². The van der Waals surface area contributed by atoms with Crippen LogP contribution in [-0.2, 0) is 11.2 Å². The number of carbonyl (C=O) groups is 1. The molecule has 0 saturated heterocycles. The maximum atomic E-state index is 12.3. The Morgan fingerprint density at radius 1 is 1.26 bits per heavy atom. The maximum Gasteiger partial charge on any atom is 0.232 e. The van der Waals surface area contributed by atoms with Gasteiger partial charge in [-0.2, -0.15) is 0 Å². The van der Waals surface area contributed by atoms with Crippen LogP contribution in [0.2, 0.25) is 0 Å². The van der Waals surface area contributed by atoms with E-state index in [9.17, 15) is 4.79 Å². The zero-order valence-electron chi connectivity index (χ0n) is 10.8. The van der Waals surface area contributed by atoms with Gasteiger partial charge in [-0.05, 0) is 42.2 Å². The summed E-state index contributed by atoms with van der Waals surface area (Å²) in [6.07, 6.45) is 0.813. The molecule has 1 aliphatic carbocycles. The Morgan fingerprint density at radius 2 is 2.05 bits per heavy atom. The Morgan fingerprint density at radius 3 is 2.84 bits per heavy atom. The molecule has 0 aliphatic heterocycles. The smallest absolute Gasteiger partial charge is 0.232 e. The summed E-state index contributed by atoms with van der Waals surface area (Å²) in [6, 6.07) is 13.7. The Bertz CT molecular complexity index is 649. The molecule has 0 spiro atoms. The molecule has 1 unspecified atom stereocenters. The molecule has 0 saturated carbocycles. The molecule has 1 atom stereocenters. The molecule has 3 rings (SSSR count). The van der Waals surface area contributed by atoms with Gasteiger partial charge in [0.15, 0.2) is 0 Å². The molecule has 3 heteroatoms. The number of fused-ring (bicyclic) bond motifs is 1. The monoisotopic (exact) mass is 252 g/mol. The number of benzene rings is 2. The molecule has 3 nitrogen and oxygen atoms in total. The average molecular weight is 252 g/mol. The van der Waals surface area contributed by atoms with Gasteiger partial charge in [0.2, 0.25) is 5.91 Å². The number of anilines is 2. The minimum absolute atomic E-state index is 0.0241. The SMILES string of the molecule is Cc1ccc(N)c(NC(=O)C2Cc3ccccc32)c1. The van der Waals surface area contributed by atoms with Crippen LogP contribution in [0.5, 0.6) is 0 Å². The first-order valence-electron chi connectivity index (χ1n) is 6.40. The molecule has 2 aromatic rings. The van der Waals surface area contributed by atoms with E-state index in [1.165, 1.54) is 5.56 Å². The molecule has 1 amide bonds. The summed E-state index contributed by atoms with van der Waals surface area (Å²) >= 11 is 0. The molecule has 1 aliphatic rings. The summed E-state index contributed by atoms with van der Waals surface area (Å²) in [5, 5.41) is 2.93. The number of rotatable bonds is 2. The highest BCUT2D eigenvalue weighted by molar-refractivity contribution is 5.99. The van der Waals surface area contributed by atoms with Crippen molar-refractivity contribution in [2.45, 2.75) is 19.3 Å². The van der Waals surface area contributed by atoms with E-state index in [0.717, 1.165) is 17.5 Å². The van der Waals surface area contributed by atoms with Crippen molar-refractivity contribution in [1.82, 2.24) is 0 Å². The van der Waals surface area contributed by atoms with E-state index in [4.69, 9.17) is 5.73 Å². The molecule has 0 radical (unpaired) electrons.